The van der Waals surface area contributed by atoms with Crippen LogP contribution in [0.2, 0.25) is 0 Å². The quantitative estimate of drug-likeness (QED) is 0.784. The largest absolute Gasteiger partial charge is 0.494 e. The number of rotatable bonds is 7. The van der Waals surface area contributed by atoms with E-state index in [0.717, 1.165) is 22.6 Å². The Morgan fingerprint density at radius 3 is 2.52 bits per heavy atom. The lowest BCUT2D eigenvalue weighted by atomic mass is 10.0. The van der Waals surface area contributed by atoms with Crippen LogP contribution < -0.4 is 15.0 Å². The summed E-state index contributed by atoms with van der Waals surface area (Å²) >= 11 is 0. The molecular formula is C23H26N2O4. The van der Waals surface area contributed by atoms with Gasteiger partial charge in [-0.1, -0.05) is 30.3 Å². The summed E-state index contributed by atoms with van der Waals surface area (Å²) < 4.78 is 10.8. The van der Waals surface area contributed by atoms with Crippen LogP contribution in [0.1, 0.15) is 36.9 Å². The highest BCUT2D eigenvalue weighted by Gasteiger charge is 2.64. The lowest BCUT2D eigenvalue weighted by molar-refractivity contribution is -0.123. The molecule has 2 aromatic rings. The maximum atomic E-state index is 13.1. The summed E-state index contributed by atoms with van der Waals surface area (Å²) in [7, 11) is 1.62. The second-order valence-corrected chi connectivity index (χ2v) is 7.51. The van der Waals surface area contributed by atoms with E-state index >= 15 is 0 Å². The predicted molar refractivity (Wildman–Crippen MR) is 110 cm³/mol. The molecule has 0 aromatic heterocycles. The fraction of sp³-hybridized carbons (Fsp3) is 0.391. The maximum absolute atomic E-state index is 13.1. The van der Waals surface area contributed by atoms with Crippen LogP contribution in [0, 0.1) is 5.92 Å². The number of anilines is 1. The van der Waals surface area contributed by atoms with E-state index in [1.54, 1.807) is 18.9 Å². The molecule has 1 N–H and O–H groups in total. The Morgan fingerprint density at radius 1 is 1.14 bits per heavy atom. The Balaban J connectivity index is 1.50. The molecule has 2 unspecified atom stereocenters. The zero-order valence-corrected chi connectivity index (χ0v) is 16.9. The van der Waals surface area contributed by atoms with Gasteiger partial charge in [0.15, 0.2) is 0 Å². The van der Waals surface area contributed by atoms with Crippen molar-refractivity contribution in [3.05, 3.63) is 59.7 Å². The second kappa shape index (κ2) is 7.87. The van der Waals surface area contributed by atoms with E-state index in [9.17, 15) is 9.59 Å². The van der Waals surface area contributed by atoms with Crippen LogP contribution in [-0.4, -0.2) is 38.2 Å². The van der Waals surface area contributed by atoms with Crippen molar-refractivity contribution in [1.82, 2.24) is 5.32 Å². The monoisotopic (exact) mass is 394 g/mol. The number of carbonyl (C=O) groups excluding carboxylic acids is 2. The number of hydrogen-bond donors (Lipinski definition) is 1. The number of hydrogen-bond acceptors (Lipinski definition) is 4. The van der Waals surface area contributed by atoms with Crippen molar-refractivity contribution in [2.24, 2.45) is 5.92 Å². The molecule has 0 saturated heterocycles. The average molecular weight is 394 g/mol. The van der Waals surface area contributed by atoms with Crippen LogP contribution in [0.25, 0.3) is 0 Å². The van der Waals surface area contributed by atoms with E-state index in [-0.39, 0.29) is 35.7 Å². The number of nitrogens with zero attached hydrogens (tertiary/aromatic N) is 1. The molecule has 1 fully saturated rings. The summed E-state index contributed by atoms with van der Waals surface area (Å²) in [5.74, 6) is 0.565. The van der Waals surface area contributed by atoms with Gasteiger partial charge in [-0.05, 0) is 36.2 Å². The number of nitrogens with one attached hydrogen (secondary N) is 1. The predicted octanol–water partition coefficient (Wildman–Crippen LogP) is 3.04. The van der Waals surface area contributed by atoms with Crippen molar-refractivity contribution in [1.29, 1.82) is 0 Å². The highest BCUT2D eigenvalue weighted by atomic mass is 16.5. The SMILES string of the molecule is CCOc1ccc([C@H](COC)NC(=O)[C@H]2C3c4ccccc4N(C(C)=O)C32)cc1. The lowest BCUT2D eigenvalue weighted by Crippen LogP contribution is -2.37. The Labute approximate surface area is 170 Å². The maximum Gasteiger partial charge on any atom is 0.226 e. The molecule has 6 heteroatoms. The summed E-state index contributed by atoms with van der Waals surface area (Å²) in [6, 6.07) is 15.2. The molecule has 1 aliphatic heterocycles. The van der Waals surface area contributed by atoms with Crippen LogP contribution in [0.15, 0.2) is 48.5 Å². The molecule has 29 heavy (non-hydrogen) atoms. The highest BCUT2D eigenvalue weighted by molar-refractivity contribution is 6.01. The molecule has 2 aliphatic rings. The van der Waals surface area contributed by atoms with Gasteiger partial charge >= 0.3 is 0 Å². The standard InChI is InChI=1S/C23H26N2O4/c1-4-29-16-11-9-15(10-12-16)18(13-28-3)24-23(27)21-20-17-7-5-6-8-19(17)25(14(2)26)22(20)21/h5-12,18,20-22H,4,13H2,1-3H3,(H,24,27)/t18-,20?,21-,22?/m0/s1. The van der Waals surface area contributed by atoms with E-state index in [0.29, 0.717) is 13.2 Å². The number of para-hydroxylation sites is 1. The smallest absolute Gasteiger partial charge is 0.226 e. The molecule has 1 heterocycles. The minimum atomic E-state index is -0.259. The van der Waals surface area contributed by atoms with Crippen molar-refractivity contribution in [2.75, 3.05) is 25.2 Å². The number of amides is 2. The Bertz CT molecular complexity index is 911. The Hall–Kier alpha value is -2.86. The minimum absolute atomic E-state index is 0.0276. The third kappa shape index (κ3) is 3.49. The first-order valence-electron chi connectivity index (χ1n) is 9.97. The zero-order chi connectivity index (χ0) is 20.5. The van der Waals surface area contributed by atoms with Crippen molar-refractivity contribution in [3.8, 4) is 5.75 Å². The van der Waals surface area contributed by atoms with Gasteiger partial charge in [0.05, 0.1) is 31.2 Å². The third-order valence-electron chi connectivity index (χ3n) is 5.72. The summed E-state index contributed by atoms with van der Waals surface area (Å²) in [5, 5.41) is 3.12. The normalized spacial score (nSPS) is 22.4. The average Bonchev–Trinajstić information content (AvgIpc) is 3.34. The number of carbonyl (C=O) groups is 2. The van der Waals surface area contributed by atoms with Gasteiger partial charge in [-0.25, -0.2) is 0 Å². The topological polar surface area (TPSA) is 67.9 Å². The molecule has 1 aliphatic carbocycles. The van der Waals surface area contributed by atoms with Crippen LogP contribution >= 0.6 is 0 Å². The first-order chi connectivity index (χ1) is 14.1. The number of methoxy groups -OCH3 is 1. The highest BCUT2D eigenvalue weighted by Crippen LogP contribution is 2.60. The summed E-state index contributed by atoms with van der Waals surface area (Å²) in [6.45, 7) is 4.47. The van der Waals surface area contributed by atoms with Gasteiger partial charge in [0.1, 0.15) is 5.75 Å². The van der Waals surface area contributed by atoms with Crippen LogP contribution in [-0.2, 0) is 14.3 Å². The summed E-state index contributed by atoms with van der Waals surface area (Å²) in [5.41, 5.74) is 2.97. The molecule has 4 rings (SSSR count). The molecule has 0 bridgehead atoms. The van der Waals surface area contributed by atoms with Crippen molar-refractivity contribution in [2.45, 2.75) is 31.8 Å². The second-order valence-electron chi connectivity index (χ2n) is 7.51. The van der Waals surface area contributed by atoms with E-state index in [2.05, 4.69) is 5.32 Å². The summed E-state index contributed by atoms with van der Waals surface area (Å²) in [6.07, 6.45) is 0. The van der Waals surface area contributed by atoms with Gasteiger partial charge in [0, 0.05) is 25.6 Å². The number of benzene rings is 2. The molecule has 152 valence electrons. The van der Waals surface area contributed by atoms with Gasteiger partial charge < -0.3 is 19.7 Å². The van der Waals surface area contributed by atoms with E-state index in [4.69, 9.17) is 9.47 Å². The fourth-order valence-corrected chi connectivity index (χ4v) is 4.46. The minimum Gasteiger partial charge on any atom is -0.494 e. The molecule has 0 radical (unpaired) electrons. The molecule has 0 spiro atoms. The van der Waals surface area contributed by atoms with Gasteiger partial charge in [0.25, 0.3) is 0 Å². The molecule has 2 aromatic carbocycles. The lowest BCUT2D eigenvalue weighted by Gasteiger charge is -2.23. The van der Waals surface area contributed by atoms with Crippen molar-refractivity contribution < 1.29 is 19.1 Å². The Morgan fingerprint density at radius 2 is 1.86 bits per heavy atom. The van der Waals surface area contributed by atoms with Gasteiger partial charge in [0.2, 0.25) is 11.8 Å². The fourth-order valence-electron chi connectivity index (χ4n) is 4.46. The van der Waals surface area contributed by atoms with Gasteiger partial charge in [-0.15, -0.1) is 0 Å². The molecule has 4 atom stereocenters. The molecular weight excluding hydrogens is 368 g/mol. The summed E-state index contributed by atoms with van der Waals surface area (Å²) in [4.78, 5) is 27.1. The van der Waals surface area contributed by atoms with E-state index in [1.165, 1.54) is 0 Å². The van der Waals surface area contributed by atoms with Crippen LogP contribution in [0.4, 0.5) is 5.69 Å². The number of ether oxygens (including phenoxy) is 2. The Kier molecular flexibility index (Phi) is 5.28. The number of fused-ring (bicyclic) bond motifs is 3. The van der Waals surface area contributed by atoms with Crippen molar-refractivity contribution in [3.63, 3.8) is 0 Å². The van der Waals surface area contributed by atoms with Gasteiger partial charge in [-0.2, -0.15) is 0 Å². The van der Waals surface area contributed by atoms with Crippen molar-refractivity contribution >= 4 is 17.5 Å². The van der Waals surface area contributed by atoms with E-state index in [1.807, 2.05) is 55.5 Å². The van der Waals surface area contributed by atoms with E-state index < -0.39 is 0 Å². The van der Waals surface area contributed by atoms with Gasteiger partial charge in [-0.3, -0.25) is 9.59 Å². The zero-order valence-electron chi connectivity index (χ0n) is 16.9. The first kappa shape index (κ1) is 19.5. The first-order valence-corrected chi connectivity index (χ1v) is 9.97. The van der Waals surface area contributed by atoms with Crippen LogP contribution in [0.5, 0.6) is 5.75 Å². The molecule has 1 saturated carbocycles. The van der Waals surface area contributed by atoms with Crippen LogP contribution in [0.3, 0.4) is 0 Å². The third-order valence-corrected chi connectivity index (χ3v) is 5.72. The molecule has 2 amide bonds. The molecule has 6 nitrogen and oxygen atoms in total.